The zero-order valence-corrected chi connectivity index (χ0v) is 14.7. The van der Waals surface area contributed by atoms with E-state index in [-0.39, 0.29) is 0 Å². The molecule has 1 saturated carbocycles. The molecule has 0 radical (unpaired) electrons. The maximum atomic E-state index is 9.50. The largest absolute Gasteiger partial charge is 0.396 e. The summed E-state index contributed by atoms with van der Waals surface area (Å²) in [6.07, 6.45) is 9.77. The van der Waals surface area contributed by atoms with Crippen molar-refractivity contribution in [3.05, 3.63) is 17.5 Å². The molecular formula is C18H32N4O. The van der Waals surface area contributed by atoms with E-state index in [2.05, 4.69) is 21.8 Å². The number of rotatable bonds is 5. The molecule has 130 valence electrons. The third-order valence-electron chi connectivity index (χ3n) is 5.85. The van der Waals surface area contributed by atoms with Crippen LogP contribution in [0, 0.1) is 6.92 Å². The van der Waals surface area contributed by atoms with E-state index in [4.69, 9.17) is 0 Å². The Hall–Kier alpha value is -0.910. The molecule has 0 bridgehead atoms. The Kier molecular flexibility index (Phi) is 5.72. The SMILES string of the molecule is Cc1c(CN2CCN(C3CCCCC3)C(CCO)C2)cnn1C. The van der Waals surface area contributed by atoms with Crippen molar-refractivity contribution in [2.45, 2.75) is 64.1 Å². The average Bonchev–Trinajstić information content (AvgIpc) is 2.88. The lowest BCUT2D eigenvalue weighted by Gasteiger charge is -2.46. The molecule has 1 atom stereocenters. The van der Waals surface area contributed by atoms with E-state index in [1.165, 1.54) is 43.4 Å². The topological polar surface area (TPSA) is 44.5 Å². The van der Waals surface area contributed by atoms with Crippen molar-refractivity contribution in [2.75, 3.05) is 26.2 Å². The smallest absolute Gasteiger partial charge is 0.0537 e. The highest BCUT2D eigenvalue weighted by Crippen LogP contribution is 2.27. The molecule has 2 heterocycles. The average molecular weight is 320 g/mol. The van der Waals surface area contributed by atoms with Crippen molar-refractivity contribution in [3.63, 3.8) is 0 Å². The van der Waals surface area contributed by atoms with Crippen LogP contribution in [0.4, 0.5) is 0 Å². The highest BCUT2D eigenvalue weighted by Gasteiger charge is 2.32. The summed E-state index contributed by atoms with van der Waals surface area (Å²) in [4.78, 5) is 5.26. The van der Waals surface area contributed by atoms with Crippen molar-refractivity contribution in [1.82, 2.24) is 19.6 Å². The van der Waals surface area contributed by atoms with Crippen molar-refractivity contribution in [3.8, 4) is 0 Å². The predicted molar refractivity (Wildman–Crippen MR) is 92.3 cm³/mol. The molecule has 1 aromatic heterocycles. The number of aromatic nitrogens is 2. The van der Waals surface area contributed by atoms with Crippen LogP contribution in [0.25, 0.3) is 0 Å². The minimum atomic E-state index is 0.299. The van der Waals surface area contributed by atoms with Crippen LogP contribution in [0.15, 0.2) is 6.20 Å². The van der Waals surface area contributed by atoms with Gasteiger partial charge in [-0.25, -0.2) is 0 Å². The van der Waals surface area contributed by atoms with Gasteiger partial charge >= 0.3 is 0 Å². The van der Waals surface area contributed by atoms with E-state index in [1.54, 1.807) is 0 Å². The molecule has 3 rings (SSSR count). The van der Waals surface area contributed by atoms with Gasteiger partial charge in [0.05, 0.1) is 6.20 Å². The number of hydrogen-bond acceptors (Lipinski definition) is 4. The van der Waals surface area contributed by atoms with Gasteiger partial charge in [-0.1, -0.05) is 19.3 Å². The summed E-state index contributed by atoms with van der Waals surface area (Å²) in [5.41, 5.74) is 2.60. The third kappa shape index (κ3) is 3.95. The van der Waals surface area contributed by atoms with Crippen molar-refractivity contribution < 1.29 is 5.11 Å². The first-order valence-electron chi connectivity index (χ1n) is 9.25. The van der Waals surface area contributed by atoms with Crippen molar-refractivity contribution >= 4 is 0 Å². The second-order valence-corrected chi connectivity index (χ2v) is 7.31. The van der Waals surface area contributed by atoms with Gasteiger partial charge in [-0.05, 0) is 26.2 Å². The predicted octanol–water partition coefficient (Wildman–Crippen LogP) is 1.93. The fourth-order valence-corrected chi connectivity index (χ4v) is 4.32. The Bertz CT molecular complexity index is 495. The summed E-state index contributed by atoms with van der Waals surface area (Å²) in [7, 11) is 2.01. The zero-order chi connectivity index (χ0) is 16.2. The molecule has 23 heavy (non-hydrogen) atoms. The monoisotopic (exact) mass is 320 g/mol. The first-order chi connectivity index (χ1) is 11.2. The van der Waals surface area contributed by atoms with E-state index in [1.807, 2.05) is 17.9 Å². The first kappa shape index (κ1) is 16.9. The molecule has 1 aromatic rings. The second-order valence-electron chi connectivity index (χ2n) is 7.31. The Morgan fingerprint density at radius 1 is 1.22 bits per heavy atom. The quantitative estimate of drug-likeness (QED) is 0.900. The molecule has 1 aliphatic carbocycles. The van der Waals surface area contributed by atoms with Gasteiger partial charge in [0.25, 0.3) is 0 Å². The van der Waals surface area contributed by atoms with Crippen LogP contribution < -0.4 is 0 Å². The molecule has 2 fully saturated rings. The van der Waals surface area contributed by atoms with Gasteiger partial charge in [0.2, 0.25) is 0 Å². The molecular weight excluding hydrogens is 288 g/mol. The Balaban J connectivity index is 1.62. The van der Waals surface area contributed by atoms with Gasteiger partial charge in [0, 0.05) is 63.2 Å². The fourth-order valence-electron chi connectivity index (χ4n) is 4.32. The van der Waals surface area contributed by atoms with Gasteiger partial charge in [-0.2, -0.15) is 5.10 Å². The molecule has 1 unspecified atom stereocenters. The van der Waals surface area contributed by atoms with E-state index in [0.29, 0.717) is 12.6 Å². The molecule has 1 N–H and O–H groups in total. The summed E-state index contributed by atoms with van der Waals surface area (Å²) in [6, 6.07) is 1.26. The number of aryl methyl sites for hydroxylation is 1. The summed E-state index contributed by atoms with van der Waals surface area (Å²) < 4.78 is 1.96. The molecule has 0 aromatic carbocycles. The lowest BCUT2D eigenvalue weighted by Crippen LogP contribution is -2.56. The molecule has 1 aliphatic heterocycles. The van der Waals surface area contributed by atoms with Gasteiger partial charge < -0.3 is 5.11 Å². The van der Waals surface area contributed by atoms with E-state index < -0.39 is 0 Å². The van der Waals surface area contributed by atoms with Crippen LogP contribution in [-0.4, -0.2) is 63.0 Å². The molecule has 5 nitrogen and oxygen atoms in total. The number of hydrogen-bond donors (Lipinski definition) is 1. The molecule has 0 spiro atoms. The molecule has 2 aliphatic rings. The fraction of sp³-hybridized carbons (Fsp3) is 0.833. The Morgan fingerprint density at radius 3 is 2.65 bits per heavy atom. The molecule has 5 heteroatoms. The van der Waals surface area contributed by atoms with Gasteiger partial charge in [0.1, 0.15) is 0 Å². The Morgan fingerprint density at radius 2 is 2.00 bits per heavy atom. The highest BCUT2D eigenvalue weighted by atomic mass is 16.3. The molecule has 1 saturated heterocycles. The highest BCUT2D eigenvalue weighted by molar-refractivity contribution is 5.15. The molecule has 0 amide bonds. The first-order valence-corrected chi connectivity index (χ1v) is 9.25. The summed E-state index contributed by atoms with van der Waals surface area (Å²) in [6.45, 7) is 6.78. The lowest BCUT2D eigenvalue weighted by molar-refractivity contribution is 0.0136. The number of piperazine rings is 1. The van der Waals surface area contributed by atoms with Crippen LogP contribution in [0.3, 0.4) is 0 Å². The van der Waals surface area contributed by atoms with Crippen molar-refractivity contribution in [2.24, 2.45) is 7.05 Å². The minimum absolute atomic E-state index is 0.299. The summed E-state index contributed by atoms with van der Waals surface area (Å²) in [5.74, 6) is 0. The van der Waals surface area contributed by atoms with Crippen LogP contribution >= 0.6 is 0 Å². The summed E-state index contributed by atoms with van der Waals surface area (Å²) in [5, 5.41) is 13.9. The maximum Gasteiger partial charge on any atom is 0.0537 e. The lowest BCUT2D eigenvalue weighted by atomic mass is 9.91. The van der Waals surface area contributed by atoms with Crippen LogP contribution in [0.5, 0.6) is 0 Å². The standard InChI is InChI=1S/C18H32N4O/c1-15-16(12-19-20(15)2)13-21-9-10-22(18(14-21)8-11-23)17-6-4-3-5-7-17/h12,17-18,23H,3-11,13-14H2,1-2H3. The Labute approximate surface area is 140 Å². The van der Waals surface area contributed by atoms with Gasteiger partial charge in [-0.3, -0.25) is 14.5 Å². The number of nitrogens with zero attached hydrogens (tertiary/aromatic N) is 4. The van der Waals surface area contributed by atoms with E-state index in [9.17, 15) is 5.11 Å². The zero-order valence-electron chi connectivity index (χ0n) is 14.7. The summed E-state index contributed by atoms with van der Waals surface area (Å²) >= 11 is 0. The third-order valence-corrected chi connectivity index (χ3v) is 5.85. The van der Waals surface area contributed by atoms with Crippen LogP contribution in [0.2, 0.25) is 0 Å². The van der Waals surface area contributed by atoms with Crippen molar-refractivity contribution in [1.29, 1.82) is 0 Å². The van der Waals surface area contributed by atoms with Gasteiger partial charge in [0.15, 0.2) is 0 Å². The number of aliphatic hydroxyl groups is 1. The number of aliphatic hydroxyl groups excluding tert-OH is 1. The second kappa shape index (κ2) is 7.77. The van der Waals surface area contributed by atoms with E-state index >= 15 is 0 Å². The van der Waals surface area contributed by atoms with Crippen LogP contribution in [0.1, 0.15) is 49.8 Å². The normalized spacial score (nSPS) is 25.1. The van der Waals surface area contributed by atoms with Gasteiger partial charge in [-0.15, -0.1) is 0 Å². The minimum Gasteiger partial charge on any atom is -0.396 e. The van der Waals surface area contributed by atoms with E-state index in [0.717, 1.165) is 38.6 Å². The maximum absolute atomic E-state index is 9.50. The van der Waals surface area contributed by atoms with Crippen LogP contribution in [-0.2, 0) is 13.6 Å².